The first kappa shape index (κ1) is 14.6. The van der Waals surface area contributed by atoms with Crippen LogP contribution < -0.4 is 0 Å². The summed E-state index contributed by atoms with van der Waals surface area (Å²) in [6.45, 7) is 3.92. The minimum Gasteiger partial charge on any atom is -0.388 e. The zero-order valence-electron chi connectivity index (χ0n) is 11.1. The number of aliphatic hydroxyl groups is 1. The van der Waals surface area contributed by atoms with E-state index in [1.807, 2.05) is 32.0 Å². The van der Waals surface area contributed by atoms with Gasteiger partial charge in [-0.2, -0.15) is 5.10 Å². The fourth-order valence-electron chi connectivity index (χ4n) is 2.03. The van der Waals surface area contributed by atoms with Gasteiger partial charge in [-0.1, -0.05) is 39.7 Å². The van der Waals surface area contributed by atoms with Gasteiger partial charge in [0, 0.05) is 23.5 Å². The largest absolute Gasteiger partial charge is 0.388 e. The summed E-state index contributed by atoms with van der Waals surface area (Å²) < 4.78 is 2.63. The summed E-state index contributed by atoms with van der Waals surface area (Å²) in [4.78, 5) is 0. The Morgan fingerprint density at radius 1 is 1.42 bits per heavy atom. The van der Waals surface area contributed by atoms with Crippen LogP contribution in [0.4, 0.5) is 0 Å². The topological polar surface area (TPSA) is 38.1 Å². The number of rotatable bonds is 3. The van der Waals surface area contributed by atoms with E-state index in [-0.39, 0.29) is 0 Å². The van der Waals surface area contributed by atoms with Crippen LogP contribution in [0.5, 0.6) is 0 Å². The Kier molecular flexibility index (Phi) is 4.33. The van der Waals surface area contributed by atoms with Crippen molar-refractivity contribution in [2.45, 2.75) is 26.4 Å². The highest BCUT2D eigenvalue weighted by Crippen LogP contribution is 2.28. The van der Waals surface area contributed by atoms with Gasteiger partial charge in [0.2, 0.25) is 0 Å². The van der Waals surface area contributed by atoms with Crippen LogP contribution in [0.1, 0.15) is 28.5 Å². The number of aliphatic hydroxyl groups excluding tert-OH is 1. The van der Waals surface area contributed by atoms with Crippen molar-refractivity contribution < 1.29 is 5.11 Å². The maximum absolute atomic E-state index is 10.3. The maximum atomic E-state index is 10.3. The number of hydrogen-bond acceptors (Lipinski definition) is 2. The third kappa shape index (κ3) is 3.02. The second-order valence-electron chi connectivity index (χ2n) is 4.71. The predicted octanol–water partition coefficient (Wildman–Crippen LogP) is 3.73. The Morgan fingerprint density at radius 2 is 2.11 bits per heavy atom. The van der Waals surface area contributed by atoms with Crippen LogP contribution in [0.15, 0.2) is 22.7 Å². The van der Waals surface area contributed by atoms with Gasteiger partial charge in [0.1, 0.15) is 5.15 Å². The summed E-state index contributed by atoms with van der Waals surface area (Å²) in [6, 6.07) is 5.87. The molecule has 19 heavy (non-hydrogen) atoms. The van der Waals surface area contributed by atoms with E-state index in [2.05, 4.69) is 21.0 Å². The zero-order valence-corrected chi connectivity index (χ0v) is 13.5. The average molecular weight is 344 g/mol. The summed E-state index contributed by atoms with van der Waals surface area (Å²) in [6.07, 6.45) is -0.120. The third-order valence-electron chi connectivity index (χ3n) is 3.25. The Morgan fingerprint density at radius 3 is 2.63 bits per heavy atom. The molecule has 0 saturated heterocycles. The van der Waals surface area contributed by atoms with Gasteiger partial charge in [0.05, 0.1) is 11.8 Å². The van der Waals surface area contributed by atoms with Crippen molar-refractivity contribution in [3.63, 3.8) is 0 Å². The Bertz CT molecular complexity index is 610. The first-order valence-corrected chi connectivity index (χ1v) is 7.19. The van der Waals surface area contributed by atoms with Crippen LogP contribution in [0.25, 0.3) is 0 Å². The molecule has 102 valence electrons. The lowest BCUT2D eigenvalue weighted by atomic mass is 10.0. The molecule has 2 rings (SSSR count). The summed E-state index contributed by atoms with van der Waals surface area (Å²) in [5, 5.41) is 15.2. The van der Waals surface area contributed by atoms with Crippen molar-refractivity contribution in [3.05, 3.63) is 50.2 Å². The Balaban J connectivity index is 2.25. The Labute approximate surface area is 126 Å². The summed E-state index contributed by atoms with van der Waals surface area (Å²) in [5.41, 5.74) is 3.77. The molecular weight excluding hydrogens is 328 g/mol. The van der Waals surface area contributed by atoms with Gasteiger partial charge in [-0.25, -0.2) is 0 Å². The number of halogens is 2. The predicted molar refractivity (Wildman–Crippen MR) is 80.5 cm³/mol. The molecule has 0 fully saturated rings. The minimum atomic E-state index is -0.586. The zero-order chi connectivity index (χ0) is 14.2. The van der Waals surface area contributed by atoms with Gasteiger partial charge in [0.25, 0.3) is 0 Å². The molecule has 1 aromatic heterocycles. The summed E-state index contributed by atoms with van der Waals surface area (Å²) >= 11 is 9.66. The Hall–Kier alpha value is -0.840. The van der Waals surface area contributed by atoms with Crippen molar-refractivity contribution in [3.8, 4) is 0 Å². The van der Waals surface area contributed by atoms with Crippen LogP contribution in [-0.2, 0) is 13.5 Å². The average Bonchev–Trinajstić information content (AvgIpc) is 2.59. The van der Waals surface area contributed by atoms with Crippen LogP contribution in [0, 0.1) is 13.8 Å². The van der Waals surface area contributed by atoms with E-state index in [0.717, 1.165) is 26.9 Å². The number of hydrogen-bond donors (Lipinski definition) is 1. The molecule has 0 radical (unpaired) electrons. The van der Waals surface area contributed by atoms with Gasteiger partial charge < -0.3 is 5.11 Å². The quantitative estimate of drug-likeness (QED) is 0.922. The highest BCUT2D eigenvalue weighted by atomic mass is 79.9. The molecule has 1 heterocycles. The molecule has 0 amide bonds. The van der Waals surface area contributed by atoms with E-state index in [1.54, 1.807) is 11.7 Å². The molecular formula is C14H16BrClN2O. The second kappa shape index (κ2) is 5.65. The van der Waals surface area contributed by atoms with Crippen molar-refractivity contribution in [1.29, 1.82) is 0 Å². The number of benzene rings is 1. The number of aromatic nitrogens is 2. The van der Waals surface area contributed by atoms with Crippen LogP contribution >= 0.6 is 27.5 Å². The van der Waals surface area contributed by atoms with E-state index in [9.17, 15) is 5.11 Å². The second-order valence-corrected chi connectivity index (χ2v) is 5.92. The van der Waals surface area contributed by atoms with Gasteiger partial charge in [-0.3, -0.25) is 4.68 Å². The monoisotopic (exact) mass is 342 g/mol. The van der Waals surface area contributed by atoms with Gasteiger partial charge in [-0.05, 0) is 31.0 Å². The van der Waals surface area contributed by atoms with Gasteiger partial charge in [-0.15, -0.1) is 0 Å². The molecule has 1 aromatic carbocycles. The highest BCUT2D eigenvalue weighted by Gasteiger charge is 2.17. The van der Waals surface area contributed by atoms with E-state index in [1.165, 1.54) is 0 Å². The molecule has 0 aliphatic heterocycles. The molecule has 0 spiro atoms. The fourth-order valence-corrected chi connectivity index (χ4v) is 2.68. The summed E-state index contributed by atoms with van der Waals surface area (Å²) in [5.74, 6) is 0. The molecule has 5 heteroatoms. The minimum absolute atomic E-state index is 0.466. The van der Waals surface area contributed by atoms with E-state index in [0.29, 0.717) is 11.6 Å². The number of aryl methyl sites for hydroxylation is 3. The standard InChI is InChI=1S/C14H16BrClN2O/c1-8-4-5-10(6-12(8)15)13(19)7-11-9(2)17-18(3)14(11)16/h4-6,13,19H,7H2,1-3H3. The molecule has 0 aliphatic rings. The van der Waals surface area contributed by atoms with Crippen LogP contribution in [-0.4, -0.2) is 14.9 Å². The first-order chi connectivity index (χ1) is 8.90. The van der Waals surface area contributed by atoms with Crippen molar-refractivity contribution in [2.75, 3.05) is 0 Å². The van der Waals surface area contributed by atoms with Gasteiger partial charge >= 0.3 is 0 Å². The van der Waals surface area contributed by atoms with E-state index >= 15 is 0 Å². The summed E-state index contributed by atoms with van der Waals surface area (Å²) in [7, 11) is 1.80. The lowest BCUT2D eigenvalue weighted by molar-refractivity contribution is 0.178. The molecule has 1 N–H and O–H groups in total. The van der Waals surface area contributed by atoms with E-state index < -0.39 is 6.10 Å². The van der Waals surface area contributed by atoms with Crippen molar-refractivity contribution >= 4 is 27.5 Å². The normalized spacial score (nSPS) is 12.7. The molecule has 0 bridgehead atoms. The molecule has 0 saturated carbocycles. The van der Waals surface area contributed by atoms with Crippen LogP contribution in [0.3, 0.4) is 0 Å². The fraction of sp³-hybridized carbons (Fsp3) is 0.357. The first-order valence-electron chi connectivity index (χ1n) is 6.02. The SMILES string of the molecule is Cc1ccc(C(O)Cc2c(C)nn(C)c2Cl)cc1Br. The smallest absolute Gasteiger partial charge is 0.130 e. The van der Waals surface area contributed by atoms with Crippen LogP contribution in [0.2, 0.25) is 5.15 Å². The molecule has 1 atom stereocenters. The molecule has 1 unspecified atom stereocenters. The number of nitrogens with zero attached hydrogens (tertiary/aromatic N) is 2. The molecule has 3 nitrogen and oxygen atoms in total. The molecule has 2 aromatic rings. The highest BCUT2D eigenvalue weighted by molar-refractivity contribution is 9.10. The van der Waals surface area contributed by atoms with Crippen molar-refractivity contribution in [2.24, 2.45) is 7.05 Å². The van der Waals surface area contributed by atoms with Crippen molar-refractivity contribution in [1.82, 2.24) is 9.78 Å². The maximum Gasteiger partial charge on any atom is 0.130 e. The third-order valence-corrected chi connectivity index (χ3v) is 4.58. The lowest BCUT2D eigenvalue weighted by Gasteiger charge is -2.12. The molecule has 0 aliphatic carbocycles. The van der Waals surface area contributed by atoms with Gasteiger partial charge in [0.15, 0.2) is 0 Å². The van der Waals surface area contributed by atoms with E-state index in [4.69, 9.17) is 11.6 Å². The lowest BCUT2D eigenvalue weighted by Crippen LogP contribution is -2.03.